The molecule has 0 bridgehead atoms. The van der Waals surface area contributed by atoms with Gasteiger partial charge in [-0.3, -0.25) is 9.59 Å². The topological polar surface area (TPSA) is 61.4 Å². The summed E-state index contributed by atoms with van der Waals surface area (Å²) in [5.41, 5.74) is 5.84. The minimum absolute atomic E-state index is 0.0832. The van der Waals surface area contributed by atoms with Gasteiger partial charge in [-0.2, -0.15) is 0 Å². The number of hydrogen-bond acceptors (Lipinski definition) is 3. The molecule has 0 saturated carbocycles. The van der Waals surface area contributed by atoms with E-state index in [0.717, 1.165) is 46.7 Å². The standard InChI is InChI=1S/C22H27N3O2/c1-14-7-8-15(2)19(12-14)24-22(27)17(4)23-18-9-10-20(16(3)13-18)25-11-5-6-21(25)26/h7-10,12-13,17,23H,5-6,11H2,1-4H3,(H,24,27)/t17-/m1/s1. The molecule has 1 heterocycles. The van der Waals surface area contributed by atoms with Crippen LogP contribution in [-0.2, 0) is 9.59 Å². The lowest BCUT2D eigenvalue weighted by atomic mass is 10.1. The Bertz CT molecular complexity index is 876. The molecular formula is C22H27N3O2. The van der Waals surface area contributed by atoms with E-state index in [2.05, 4.69) is 10.6 Å². The maximum absolute atomic E-state index is 12.6. The number of amides is 2. The predicted molar refractivity (Wildman–Crippen MR) is 110 cm³/mol. The van der Waals surface area contributed by atoms with Gasteiger partial charge < -0.3 is 15.5 Å². The van der Waals surface area contributed by atoms with Crippen LogP contribution in [0.15, 0.2) is 36.4 Å². The average molecular weight is 365 g/mol. The molecule has 2 N–H and O–H groups in total. The summed E-state index contributed by atoms with van der Waals surface area (Å²) >= 11 is 0. The molecule has 142 valence electrons. The summed E-state index contributed by atoms with van der Waals surface area (Å²) in [6.45, 7) is 8.60. The summed E-state index contributed by atoms with van der Waals surface area (Å²) in [6.07, 6.45) is 1.53. The highest BCUT2D eigenvalue weighted by Gasteiger charge is 2.23. The highest BCUT2D eigenvalue weighted by Crippen LogP contribution is 2.27. The molecule has 2 amide bonds. The molecule has 1 saturated heterocycles. The Hall–Kier alpha value is -2.82. The first-order valence-corrected chi connectivity index (χ1v) is 9.41. The van der Waals surface area contributed by atoms with Crippen LogP contribution in [0.4, 0.5) is 17.1 Å². The second-order valence-electron chi connectivity index (χ2n) is 7.32. The number of nitrogens with zero attached hydrogens (tertiary/aromatic N) is 1. The first-order valence-electron chi connectivity index (χ1n) is 9.41. The average Bonchev–Trinajstić information content (AvgIpc) is 3.04. The van der Waals surface area contributed by atoms with Gasteiger partial charge in [-0.25, -0.2) is 0 Å². The molecule has 1 aliphatic heterocycles. The molecule has 0 aromatic heterocycles. The highest BCUT2D eigenvalue weighted by molar-refractivity contribution is 5.98. The van der Waals surface area contributed by atoms with Gasteiger partial charge in [0.25, 0.3) is 0 Å². The Balaban J connectivity index is 1.67. The Morgan fingerprint density at radius 2 is 1.85 bits per heavy atom. The molecule has 0 aliphatic carbocycles. The summed E-state index contributed by atoms with van der Waals surface area (Å²) in [6, 6.07) is 11.5. The number of nitrogens with one attached hydrogen (secondary N) is 2. The van der Waals surface area contributed by atoms with E-state index in [1.165, 1.54) is 0 Å². The van der Waals surface area contributed by atoms with Crippen molar-refractivity contribution in [2.24, 2.45) is 0 Å². The van der Waals surface area contributed by atoms with Gasteiger partial charge in [0.2, 0.25) is 11.8 Å². The fraction of sp³-hybridized carbons (Fsp3) is 0.364. The fourth-order valence-corrected chi connectivity index (χ4v) is 3.38. The molecule has 1 aliphatic rings. The quantitative estimate of drug-likeness (QED) is 0.836. The van der Waals surface area contributed by atoms with Crippen molar-refractivity contribution in [1.29, 1.82) is 0 Å². The number of aryl methyl sites for hydroxylation is 3. The monoisotopic (exact) mass is 365 g/mol. The van der Waals surface area contributed by atoms with Crippen LogP contribution >= 0.6 is 0 Å². The normalized spacial score (nSPS) is 15.0. The minimum Gasteiger partial charge on any atom is -0.374 e. The number of hydrogen-bond donors (Lipinski definition) is 2. The van der Waals surface area contributed by atoms with Crippen LogP contribution in [0.5, 0.6) is 0 Å². The Labute approximate surface area is 160 Å². The first-order chi connectivity index (χ1) is 12.8. The molecule has 1 fully saturated rings. The van der Waals surface area contributed by atoms with E-state index in [1.54, 1.807) is 0 Å². The van der Waals surface area contributed by atoms with E-state index in [9.17, 15) is 9.59 Å². The van der Waals surface area contributed by atoms with Crippen LogP contribution in [0.1, 0.15) is 36.5 Å². The van der Waals surface area contributed by atoms with Gasteiger partial charge >= 0.3 is 0 Å². The van der Waals surface area contributed by atoms with Crippen molar-refractivity contribution in [3.63, 3.8) is 0 Å². The van der Waals surface area contributed by atoms with Crippen LogP contribution in [0, 0.1) is 20.8 Å². The minimum atomic E-state index is -0.386. The first kappa shape index (κ1) is 19.0. The Kier molecular flexibility index (Phi) is 5.49. The summed E-state index contributed by atoms with van der Waals surface area (Å²) in [4.78, 5) is 26.4. The van der Waals surface area contributed by atoms with Crippen molar-refractivity contribution in [2.75, 3.05) is 22.1 Å². The Morgan fingerprint density at radius 3 is 2.52 bits per heavy atom. The zero-order chi connectivity index (χ0) is 19.6. The zero-order valence-electron chi connectivity index (χ0n) is 16.4. The van der Waals surface area contributed by atoms with Gasteiger partial charge in [-0.15, -0.1) is 0 Å². The zero-order valence-corrected chi connectivity index (χ0v) is 16.4. The maximum atomic E-state index is 12.6. The van der Waals surface area contributed by atoms with Crippen LogP contribution in [0.2, 0.25) is 0 Å². The summed E-state index contributed by atoms with van der Waals surface area (Å²) in [7, 11) is 0. The van der Waals surface area contributed by atoms with Gasteiger partial charge in [0.05, 0.1) is 0 Å². The highest BCUT2D eigenvalue weighted by atomic mass is 16.2. The van der Waals surface area contributed by atoms with E-state index in [0.29, 0.717) is 6.42 Å². The third kappa shape index (κ3) is 4.30. The number of benzene rings is 2. The van der Waals surface area contributed by atoms with Crippen molar-refractivity contribution in [1.82, 2.24) is 0 Å². The van der Waals surface area contributed by atoms with E-state index in [-0.39, 0.29) is 17.9 Å². The second kappa shape index (κ2) is 7.82. The summed E-state index contributed by atoms with van der Waals surface area (Å²) in [5.74, 6) is 0.0974. The number of carbonyl (C=O) groups excluding carboxylic acids is 2. The van der Waals surface area contributed by atoms with E-state index >= 15 is 0 Å². The molecule has 27 heavy (non-hydrogen) atoms. The van der Waals surface area contributed by atoms with E-state index < -0.39 is 0 Å². The molecule has 2 aromatic carbocycles. The molecule has 5 heteroatoms. The smallest absolute Gasteiger partial charge is 0.246 e. The largest absolute Gasteiger partial charge is 0.374 e. The third-order valence-electron chi connectivity index (χ3n) is 4.99. The van der Waals surface area contributed by atoms with Gasteiger partial charge in [-0.1, -0.05) is 12.1 Å². The van der Waals surface area contributed by atoms with E-state index in [1.807, 2.05) is 69.0 Å². The summed E-state index contributed by atoms with van der Waals surface area (Å²) in [5, 5.41) is 6.24. The van der Waals surface area contributed by atoms with E-state index in [4.69, 9.17) is 0 Å². The molecule has 0 spiro atoms. The van der Waals surface area contributed by atoms with Crippen molar-refractivity contribution < 1.29 is 9.59 Å². The van der Waals surface area contributed by atoms with Crippen molar-refractivity contribution in [2.45, 2.75) is 46.6 Å². The van der Waals surface area contributed by atoms with Crippen molar-refractivity contribution in [3.8, 4) is 0 Å². The Morgan fingerprint density at radius 1 is 1.07 bits per heavy atom. The van der Waals surface area contributed by atoms with Gasteiger partial charge in [0.1, 0.15) is 6.04 Å². The lowest BCUT2D eigenvalue weighted by Gasteiger charge is -2.21. The van der Waals surface area contributed by atoms with Gasteiger partial charge in [-0.05, 0) is 75.1 Å². The number of rotatable bonds is 5. The van der Waals surface area contributed by atoms with Crippen molar-refractivity contribution >= 4 is 28.9 Å². The molecule has 3 rings (SSSR count). The van der Waals surface area contributed by atoms with Crippen LogP contribution in [0.3, 0.4) is 0 Å². The second-order valence-corrected chi connectivity index (χ2v) is 7.32. The lowest BCUT2D eigenvalue weighted by Crippen LogP contribution is -2.32. The summed E-state index contributed by atoms with van der Waals surface area (Å²) < 4.78 is 0. The fourth-order valence-electron chi connectivity index (χ4n) is 3.38. The predicted octanol–water partition coefficient (Wildman–Crippen LogP) is 4.18. The van der Waals surface area contributed by atoms with Gasteiger partial charge in [0.15, 0.2) is 0 Å². The third-order valence-corrected chi connectivity index (χ3v) is 4.99. The van der Waals surface area contributed by atoms with Crippen LogP contribution in [0.25, 0.3) is 0 Å². The van der Waals surface area contributed by atoms with Crippen molar-refractivity contribution in [3.05, 3.63) is 53.1 Å². The molecule has 2 aromatic rings. The maximum Gasteiger partial charge on any atom is 0.246 e. The number of carbonyl (C=O) groups is 2. The molecule has 5 nitrogen and oxygen atoms in total. The SMILES string of the molecule is Cc1ccc(C)c(NC(=O)[C@@H](C)Nc2ccc(N3CCCC3=O)c(C)c2)c1. The molecule has 0 unspecified atom stereocenters. The van der Waals surface area contributed by atoms with Gasteiger partial charge in [0, 0.05) is 30.0 Å². The molecular weight excluding hydrogens is 338 g/mol. The van der Waals surface area contributed by atoms with Crippen LogP contribution < -0.4 is 15.5 Å². The molecule has 0 radical (unpaired) electrons. The molecule has 1 atom stereocenters. The van der Waals surface area contributed by atoms with Crippen LogP contribution in [-0.4, -0.2) is 24.4 Å². The number of anilines is 3. The lowest BCUT2D eigenvalue weighted by molar-refractivity contribution is -0.117.